The molecular weight excluding hydrogens is 196 g/mol. The number of hydrogen-bond acceptors (Lipinski definition) is 4. The third-order valence-electron chi connectivity index (χ3n) is 1.99. The van der Waals surface area contributed by atoms with Crippen molar-refractivity contribution in [1.29, 1.82) is 0 Å². The lowest BCUT2D eigenvalue weighted by molar-refractivity contribution is 0.768. The molecule has 2 aromatic rings. The summed E-state index contributed by atoms with van der Waals surface area (Å²) in [6, 6.07) is 0. The molecule has 0 aromatic carbocycles. The minimum atomic E-state index is 0.946. The van der Waals surface area contributed by atoms with Crippen LogP contribution in [0.1, 0.15) is 4.88 Å². The molecule has 0 unspecified atom stereocenters. The third-order valence-corrected chi connectivity index (χ3v) is 2.98. The molecule has 0 aliphatic carbocycles. The Balaban J connectivity index is 2.45. The number of hydrogen-bond donors (Lipinski definition) is 1. The summed E-state index contributed by atoms with van der Waals surface area (Å²) in [6.45, 7) is 2.07. The first-order valence-electron chi connectivity index (χ1n) is 4.35. The monoisotopic (exact) mass is 208 g/mol. The Labute approximate surface area is 86.6 Å². The van der Waals surface area contributed by atoms with Crippen LogP contribution in [0.5, 0.6) is 0 Å². The lowest BCUT2D eigenvalue weighted by Crippen LogP contribution is -1.86. The highest BCUT2D eigenvalue weighted by molar-refractivity contribution is 7.15. The Bertz CT molecular complexity index is 443. The molecule has 0 fully saturated rings. The number of aryl methyl sites for hydroxylation is 2. The maximum atomic E-state index is 4.47. The van der Waals surface area contributed by atoms with Crippen LogP contribution in [-0.2, 0) is 7.05 Å². The first-order valence-corrected chi connectivity index (χ1v) is 5.16. The maximum absolute atomic E-state index is 4.47. The fourth-order valence-corrected chi connectivity index (χ4v) is 2.10. The fourth-order valence-electron chi connectivity index (χ4n) is 1.31. The van der Waals surface area contributed by atoms with Crippen LogP contribution in [0.4, 0.5) is 5.13 Å². The van der Waals surface area contributed by atoms with E-state index in [0.29, 0.717) is 0 Å². The normalized spacial score (nSPS) is 10.5. The quantitative estimate of drug-likeness (QED) is 0.819. The van der Waals surface area contributed by atoms with E-state index in [4.69, 9.17) is 0 Å². The number of nitrogens with one attached hydrogen (secondary N) is 1. The molecule has 1 N–H and O–H groups in total. The first kappa shape index (κ1) is 9.21. The average molecular weight is 208 g/mol. The summed E-state index contributed by atoms with van der Waals surface area (Å²) in [5.74, 6) is 0. The van der Waals surface area contributed by atoms with E-state index in [1.165, 1.54) is 4.88 Å². The van der Waals surface area contributed by atoms with Crippen LogP contribution in [-0.4, -0.2) is 21.8 Å². The van der Waals surface area contributed by atoms with Gasteiger partial charge in [0.2, 0.25) is 0 Å². The van der Waals surface area contributed by atoms with Gasteiger partial charge in [-0.3, -0.25) is 4.68 Å². The van der Waals surface area contributed by atoms with E-state index in [0.717, 1.165) is 16.4 Å². The van der Waals surface area contributed by atoms with Crippen LogP contribution < -0.4 is 5.32 Å². The minimum Gasteiger partial charge on any atom is -0.365 e. The van der Waals surface area contributed by atoms with Gasteiger partial charge in [0.1, 0.15) is 0 Å². The van der Waals surface area contributed by atoms with Gasteiger partial charge in [-0.05, 0) is 6.92 Å². The summed E-state index contributed by atoms with van der Waals surface area (Å²) < 4.78 is 1.78. The van der Waals surface area contributed by atoms with Crippen molar-refractivity contribution < 1.29 is 0 Å². The summed E-state index contributed by atoms with van der Waals surface area (Å²) >= 11 is 1.66. The molecular formula is C9H12N4S. The molecule has 0 radical (unpaired) electrons. The van der Waals surface area contributed by atoms with Crippen LogP contribution in [0.25, 0.3) is 11.3 Å². The van der Waals surface area contributed by atoms with E-state index in [2.05, 4.69) is 22.3 Å². The lowest BCUT2D eigenvalue weighted by atomic mass is 10.2. The Kier molecular flexibility index (Phi) is 2.25. The Morgan fingerprint density at radius 3 is 2.79 bits per heavy atom. The number of nitrogens with zero attached hydrogens (tertiary/aromatic N) is 3. The minimum absolute atomic E-state index is 0.946. The Morgan fingerprint density at radius 1 is 1.50 bits per heavy atom. The standard InChI is InChI=1S/C9H12N4S/c1-6-8(12-9(10-2)14-6)7-4-11-13(3)5-7/h4-5H,1-3H3,(H,10,12). The molecule has 0 bridgehead atoms. The molecule has 5 heteroatoms. The molecule has 0 amide bonds. The molecule has 0 aliphatic heterocycles. The van der Waals surface area contributed by atoms with Crippen LogP contribution >= 0.6 is 11.3 Å². The summed E-state index contributed by atoms with van der Waals surface area (Å²) in [4.78, 5) is 5.68. The molecule has 0 saturated heterocycles. The van der Waals surface area contributed by atoms with Gasteiger partial charge in [0, 0.05) is 30.7 Å². The maximum Gasteiger partial charge on any atom is 0.183 e. The predicted octanol–water partition coefficient (Wildman–Crippen LogP) is 1.89. The van der Waals surface area contributed by atoms with Gasteiger partial charge in [-0.25, -0.2) is 4.98 Å². The molecule has 2 heterocycles. The van der Waals surface area contributed by atoms with E-state index in [9.17, 15) is 0 Å². The molecule has 0 aliphatic rings. The fraction of sp³-hybridized carbons (Fsp3) is 0.333. The molecule has 2 rings (SSSR count). The molecule has 2 aromatic heterocycles. The SMILES string of the molecule is CNc1nc(-c2cnn(C)c2)c(C)s1. The summed E-state index contributed by atoms with van der Waals surface area (Å²) in [7, 11) is 3.79. The highest BCUT2D eigenvalue weighted by Gasteiger charge is 2.09. The smallest absolute Gasteiger partial charge is 0.183 e. The third kappa shape index (κ3) is 1.50. The Morgan fingerprint density at radius 2 is 2.29 bits per heavy atom. The molecule has 0 atom stereocenters. The van der Waals surface area contributed by atoms with Gasteiger partial charge < -0.3 is 5.32 Å². The highest BCUT2D eigenvalue weighted by atomic mass is 32.1. The second-order valence-corrected chi connectivity index (χ2v) is 4.28. The lowest BCUT2D eigenvalue weighted by Gasteiger charge is -1.90. The van der Waals surface area contributed by atoms with E-state index in [-0.39, 0.29) is 0 Å². The van der Waals surface area contributed by atoms with E-state index >= 15 is 0 Å². The van der Waals surface area contributed by atoms with Crippen molar-refractivity contribution in [2.75, 3.05) is 12.4 Å². The predicted molar refractivity (Wildman–Crippen MR) is 58.6 cm³/mol. The van der Waals surface area contributed by atoms with Gasteiger partial charge in [0.05, 0.1) is 11.9 Å². The van der Waals surface area contributed by atoms with Crippen molar-refractivity contribution in [1.82, 2.24) is 14.8 Å². The number of rotatable bonds is 2. The second kappa shape index (κ2) is 3.42. The number of thiazole rings is 1. The van der Waals surface area contributed by atoms with Crippen LogP contribution in [0.15, 0.2) is 12.4 Å². The van der Waals surface area contributed by atoms with Gasteiger partial charge in [-0.2, -0.15) is 5.10 Å². The zero-order chi connectivity index (χ0) is 10.1. The summed E-state index contributed by atoms with van der Waals surface area (Å²) in [6.07, 6.45) is 3.81. The van der Waals surface area contributed by atoms with Crippen molar-refractivity contribution in [2.24, 2.45) is 7.05 Å². The largest absolute Gasteiger partial charge is 0.365 e. The van der Waals surface area contributed by atoms with Crippen molar-refractivity contribution in [3.05, 3.63) is 17.3 Å². The van der Waals surface area contributed by atoms with Gasteiger partial charge in [-0.1, -0.05) is 0 Å². The zero-order valence-corrected chi connectivity index (χ0v) is 9.22. The second-order valence-electron chi connectivity index (χ2n) is 3.08. The van der Waals surface area contributed by atoms with E-state index < -0.39 is 0 Å². The summed E-state index contributed by atoms with van der Waals surface area (Å²) in [5, 5.41) is 8.12. The Hall–Kier alpha value is -1.36. The van der Waals surface area contributed by atoms with Crippen molar-refractivity contribution in [3.8, 4) is 11.3 Å². The zero-order valence-electron chi connectivity index (χ0n) is 8.40. The van der Waals surface area contributed by atoms with Gasteiger partial charge >= 0.3 is 0 Å². The van der Waals surface area contributed by atoms with Gasteiger partial charge in [0.15, 0.2) is 5.13 Å². The van der Waals surface area contributed by atoms with Gasteiger partial charge in [-0.15, -0.1) is 11.3 Å². The first-order chi connectivity index (χ1) is 6.70. The van der Waals surface area contributed by atoms with Crippen LogP contribution in [0.3, 0.4) is 0 Å². The topological polar surface area (TPSA) is 42.7 Å². The van der Waals surface area contributed by atoms with Crippen LogP contribution in [0, 0.1) is 6.92 Å². The average Bonchev–Trinajstić information content (AvgIpc) is 2.71. The van der Waals surface area contributed by atoms with Gasteiger partial charge in [0.25, 0.3) is 0 Å². The molecule has 0 saturated carbocycles. The summed E-state index contributed by atoms with van der Waals surface area (Å²) in [5.41, 5.74) is 2.09. The number of aromatic nitrogens is 3. The van der Waals surface area contributed by atoms with Crippen LogP contribution in [0.2, 0.25) is 0 Å². The van der Waals surface area contributed by atoms with E-state index in [1.807, 2.05) is 26.5 Å². The van der Waals surface area contributed by atoms with Crippen molar-refractivity contribution in [2.45, 2.75) is 6.92 Å². The van der Waals surface area contributed by atoms with Crippen molar-refractivity contribution in [3.63, 3.8) is 0 Å². The molecule has 74 valence electrons. The van der Waals surface area contributed by atoms with E-state index in [1.54, 1.807) is 16.0 Å². The highest BCUT2D eigenvalue weighted by Crippen LogP contribution is 2.29. The van der Waals surface area contributed by atoms with Crippen molar-refractivity contribution >= 4 is 16.5 Å². The molecule has 0 spiro atoms. The molecule has 14 heavy (non-hydrogen) atoms. The molecule has 4 nitrogen and oxygen atoms in total. The number of anilines is 1.